The maximum absolute atomic E-state index is 12.1. The van der Waals surface area contributed by atoms with Crippen molar-refractivity contribution in [2.24, 2.45) is 0 Å². The highest BCUT2D eigenvalue weighted by molar-refractivity contribution is 5.94. The number of carbonyl (C=O) groups excluding carboxylic acids is 1. The molecule has 0 saturated carbocycles. The van der Waals surface area contributed by atoms with Gasteiger partial charge in [0.25, 0.3) is 5.91 Å². The number of ether oxygens (including phenoxy) is 1. The van der Waals surface area contributed by atoms with Crippen LogP contribution in [0.1, 0.15) is 35.8 Å². The van der Waals surface area contributed by atoms with E-state index in [1.165, 1.54) is 0 Å². The van der Waals surface area contributed by atoms with Crippen molar-refractivity contribution in [2.75, 3.05) is 26.3 Å². The summed E-state index contributed by atoms with van der Waals surface area (Å²) in [6.07, 6.45) is 1.67. The Morgan fingerprint density at radius 1 is 1.35 bits per heavy atom. The zero-order valence-electron chi connectivity index (χ0n) is 10.3. The number of amides is 1. The molecular formula is C13H18N2O2. The lowest BCUT2D eigenvalue weighted by Crippen LogP contribution is -2.40. The Balaban J connectivity index is 2.08. The Morgan fingerprint density at radius 2 is 2.06 bits per heavy atom. The molecule has 17 heavy (non-hydrogen) atoms. The van der Waals surface area contributed by atoms with Crippen LogP contribution in [0.15, 0.2) is 18.3 Å². The van der Waals surface area contributed by atoms with Crippen LogP contribution in [0.25, 0.3) is 0 Å². The molecule has 1 saturated heterocycles. The molecule has 0 radical (unpaired) electrons. The van der Waals surface area contributed by atoms with Crippen LogP contribution in [0, 0.1) is 0 Å². The molecule has 1 fully saturated rings. The lowest BCUT2D eigenvalue weighted by atomic mass is 10.1. The summed E-state index contributed by atoms with van der Waals surface area (Å²) >= 11 is 0. The van der Waals surface area contributed by atoms with Gasteiger partial charge >= 0.3 is 0 Å². The van der Waals surface area contributed by atoms with Gasteiger partial charge in [-0.3, -0.25) is 9.78 Å². The highest BCUT2D eigenvalue weighted by atomic mass is 16.5. The molecule has 2 rings (SSSR count). The topological polar surface area (TPSA) is 42.4 Å². The maximum atomic E-state index is 12.1. The molecule has 4 heteroatoms. The second kappa shape index (κ2) is 5.27. The van der Waals surface area contributed by atoms with Gasteiger partial charge in [-0.2, -0.15) is 0 Å². The quantitative estimate of drug-likeness (QED) is 0.782. The molecule has 92 valence electrons. The fourth-order valence-electron chi connectivity index (χ4n) is 1.82. The summed E-state index contributed by atoms with van der Waals surface area (Å²) in [7, 11) is 0. The molecule has 0 atom stereocenters. The molecule has 2 heterocycles. The summed E-state index contributed by atoms with van der Waals surface area (Å²) in [4.78, 5) is 18.2. The van der Waals surface area contributed by atoms with Crippen molar-refractivity contribution in [2.45, 2.75) is 19.8 Å². The van der Waals surface area contributed by atoms with E-state index in [0.29, 0.717) is 37.8 Å². The highest BCUT2D eigenvalue weighted by Gasteiger charge is 2.18. The maximum Gasteiger partial charge on any atom is 0.255 e. The predicted molar refractivity (Wildman–Crippen MR) is 65.0 cm³/mol. The van der Waals surface area contributed by atoms with E-state index in [0.717, 1.165) is 5.69 Å². The van der Waals surface area contributed by atoms with Crippen molar-refractivity contribution >= 4 is 5.91 Å². The number of morpholine rings is 1. The zero-order chi connectivity index (χ0) is 12.3. The van der Waals surface area contributed by atoms with Crippen molar-refractivity contribution in [3.63, 3.8) is 0 Å². The lowest BCUT2D eigenvalue weighted by Gasteiger charge is -2.26. The van der Waals surface area contributed by atoms with E-state index in [1.54, 1.807) is 6.20 Å². The van der Waals surface area contributed by atoms with Crippen molar-refractivity contribution in [1.82, 2.24) is 9.88 Å². The Morgan fingerprint density at radius 3 is 2.59 bits per heavy atom. The van der Waals surface area contributed by atoms with E-state index >= 15 is 0 Å². The van der Waals surface area contributed by atoms with Crippen LogP contribution in [0.2, 0.25) is 0 Å². The lowest BCUT2D eigenvalue weighted by molar-refractivity contribution is 0.0302. The van der Waals surface area contributed by atoms with Gasteiger partial charge in [0.1, 0.15) is 0 Å². The first-order valence-corrected chi connectivity index (χ1v) is 6.01. The molecule has 1 aliphatic heterocycles. The van der Waals surface area contributed by atoms with E-state index in [4.69, 9.17) is 4.74 Å². The van der Waals surface area contributed by atoms with Gasteiger partial charge in [-0.1, -0.05) is 13.8 Å². The van der Waals surface area contributed by atoms with Gasteiger partial charge in [0.2, 0.25) is 0 Å². The molecule has 1 amide bonds. The molecule has 0 bridgehead atoms. The smallest absolute Gasteiger partial charge is 0.255 e. The molecule has 0 unspecified atom stereocenters. The van der Waals surface area contributed by atoms with Crippen molar-refractivity contribution in [1.29, 1.82) is 0 Å². The largest absolute Gasteiger partial charge is 0.378 e. The number of hydrogen-bond donors (Lipinski definition) is 0. The molecule has 0 N–H and O–H groups in total. The first-order chi connectivity index (χ1) is 8.18. The number of pyridine rings is 1. The van der Waals surface area contributed by atoms with E-state index < -0.39 is 0 Å². The first-order valence-electron chi connectivity index (χ1n) is 6.01. The second-order valence-corrected chi connectivity index (χ2v) is 4.53. The van der Waals surface area contributed by atoms with E-state index in [2.05, 4.69) is 18.8 Å². The predicted octanol–water partition coefficient (Wildman–Crippen LogP) is 1.68. The number of carbonyl (C=O) groups is 1. The Kier molecular flexibility index (Phi) is 3.74. The van der Waals surface area contributed by atoms with Crippen molar-refractivity contribution in [3.05, 3.63) is 29.6 Å². The number of nitrogens with zero attached hydrogens (tertiary/aromatic N) is 2. The molecule has 1 aliphatic rings. The summed E-state index contributed by atoms with van der Waals surface area (Å²) in [5, 5.41) is 0. The average Bonchev–Trinajstić information content (AvgIpc) is 2.39. The average molecular weight is 234 g/mol. The Labute approximate surface area is 102 Å². The summed E-state index contributed by atoms with van der Waals surface area (Å²) in [5.41, 5.74) is 1.68. The monoisotopic (exact) mass is 234 g/mol. The summed E-state index contributed by atoms with van der Waals surface area (Å²) in [6, 6.07) is 3.79. The van der Waals surface area contributed by atoms with Gasteiger partial charge < -0.3 is 9.64 Å². The third-order valence-electron chi connectivity index (χ3n) is 2.92. The number of hydrogen-bond acceptors (Lipinski definition) is 3. The number of aromatic nitrogens is 1. The molecule has 4 nitrogen and oxygen atoms in total. The molecule has 0 aromatic carbocycles. The van der Waals surface area contributed by atoms with Crippen LogP contribution >= 0.6 is 0 Å². The minimum atomic E-state index is 0.0520. The van der Waals surface area contributed by atoms with E-state index in [9.17, 15) is 4.79 Å². The van der Waals surface area contributed by atoms with Gasteiger partial charge in [-0.15, -0.1) is 0 Å². The number of rotatable bonds is 2. The van der Waals surface area contributed by atoms with Crippen LogP contribution in [0.3, 0.4) is 0 Å². The fourth-order valence-corrected chi connectivity index (χ4v) is 1.82. The normalized spacial score (nSPS) is 16.3. The minimum Gasteiger partial charge on any atom is -0.378 e. The molecule has 1 aromatic heterocycles. The third-order valence-corrected chi connectivity index (χ3v) is 2.92. The summed E-state index contributed by atoms with van der Waals surface area (Å²) in [6.45, 7) is 6.78. The van der Waals surface area contributed by atoms with Gasteiger partial charge in [0, 0.05) is 25.0 Å². The van der Waals surface area contributed by atoms with Crippen molar-refractivity contribution < 1.29 is 9.53 Å². The molecule has 0 aliphatic carbocycles. The van der Waals surface area contributed by atoms with Crippen molar-refractivity contribution in [3.8, 4) is 0 Å². The standard InChI is InChI=1S/C13H18N2O2/c1-10(2)12-4-3-11(9-14-12)13(16)15-5-7-17-8-6-15/h3-4,9-10H,5-8H2,1-2H3. The van der Waals surface area contributed by atoms with Gasteiger partial charge in [-0.05, 0) is 18.1 Å². The van der Waals surface area contributed by atoms with Gasteiger partial charge in [0.05, 0.1) is 18.8 Å². The van der Waals surface area contributed by atoms with Crippen LogP contribution in [-0.2, 0) is 4.74 Å². The van der Waals surface area contributed by atoms with E-state index in [-0.39, 0.29) is 5.91 Å². The summed E-state index contributed by atoms with van der Waals surface area (Å²) in [5.74, 6) is 0.443. The van der Waals surface area contributed by atoms with Gasteiger partial charge in [-0.25, -0.2) is 0 Å². The fraction of sp³-hybridized carbons (Fsp3) is 0.538. The Hall–Kier alpha value is -1.42. The van der Waals surface area contributed by atoms with Crippen LogP contribution < -0.4 is 0 Å². The third kappa shape index (κ3) is 2.82. The SMILES string of the molecule is CC(C)c1ccc(C(=O)N2CCOCC2)cn1. The minimum absolute atomic E-state index is 0.0520. The van der Waals surface area contributed by atoms with E-state index in [1.807, 2.05) is 17.0 Å². The van der Waals surface area contributed by atoms with Crippen LogP contribution in [-0.4, -0.2) is 42.1 Å². The summed E-state index contributed by atoms with van der Waals surface area (Å²) < 4.78 is 5.23. The second-order valence-electron chi connectivity index (χ2n) is 4.53. The zero-order valence-corrected chi connectivity index (χ0v) is 10.3. The van der Waals surface area contributed by atoms with Crippen LogP contribution in [0.5, 0.6) is 0 Å². The Bertz CT molecular complexity index is 381. The molecule has 1 aromatic rings. The molecular weight excluding hydrogens is 216 g/mol. The first kappa shape index (κ1) is 12.0. The van der Waals surface area contributed by atoms with Gasteiger partial charge in [0.15, 0.2) is 0 Å². The molecule has 0 spiro atoms. The highest BCUT2D eigenvalue weighted by Crippen LogP contribution is 2.13. The van der Waals surface area contributed by atoms with Crippen LogP contribution in [0.4, 0.5) is 0 Å².